The van der Waals surface area contributed by atoms with Gasteiger partial charge in [-0.3, -0.25) is 19.8 Å². The maximum Gasteiger partial charge on any atom is 0.331 e. The molecule has 4 rings (SSSR count). The maximum absolute atomic E-state index is 12.8. The van der Waals surface area contributed by atoms with E-state index in [2.05, 4.69) is 5.32 Å². The van der Waals surface area contributed by atoms with Gasteiger partial charge in [0.2, 0.25) is 0 Å². The molecule has 2 aliphatic heterocycles. The van der Waals surface area contributed by atoms with Crippen LogP contribution in [0.2, 0.25) is 0 Å². The van der Waals surface area contributed by atoms with Gasteiger partial charge >= 0.3 is 6.03 Å². The molecule has 1 atom stereocenters. The molecule has 2 aliphatic rings. The molecule has 0 saturated carbocycles. The third-order valence-corrected chi connectivity index (χ3v) is 5.04. The number of urea groups is 1. The Morgan fingerprint density at radius 2 is 1.83 bits per heavy atom. The summed E-state index contributed by atoms with van der Waals surface area (Å²) in [5, 5.41) is 2.23. The Balaban J connectivity index is 1.44. The van der Waals surface area contributed by atoms with Crippen LogP contribution in [-0.4, -0.2) is 42.0 Å². The Kier molecular flexibility index (Phi) is 5.90. The number of amides is 4. The van der Waals surface area contributed by atoms with Gasteiger partial charge in [-0.15, -0.1) is 0 Å². The normalized spacial score (nSPS) is 20.5. The van der Waals surface area contributed by atoms with Crippen molar-refractivity contribution < 1.29 is 23.9 Å². The highest BCUT2D eigenvalue weighted by Gasteiger charge is 2.37. The molecule has 0 aliphatic carbocycles. The lowest BCUT2D eigenvalue weighted by Gasteiger charge is -2.28. The lowest BCUT2D eigenvalue weighted by molar-refractivity contribution is -0.131. The largest absolute Gasteiger partial charge is 0.489 e. The zero-order chi connectivity index (χ0) is 20.9. The van der Waals surface area contributed by atoms with Crippen LogP contribution in [-0.2, 0) is 20.9 Å². The molecule has 0 bridgehead atoms. The van der Waals surface area contributed by atoms with E-state index in [4.69, 9.17) is 9.47 Å². The summed E-state index contributed by atoms with van der Waals surface area (Å²) in [6, 6.07) is 16.2. The number of nitrogens with zero attached hydrogens (tertiary/aromatic N) is 1. The van der Waals surface area contributed by atoms with Crippen LogP contribution >= 0.6 is 0 Å². The van der Waals surface area contributed by atoms with Gasteiger partial charge in [0, 0.05) is 6.61 Å². The average molecular weight is 406 g/mol. The first-order valence-electron chi connectivity index (χ1n) is 9.87. The molecule has 1 N–H and O–H groups in total. The van der Waals surface area contributed by atoms with Gasteiger partial charge in [0.1, 0.15) is 17.9 Å². The maximum atomic E-state index is 12.8. The van der Waals surface area contributed by atoms with Crippen LogP contribution in [0.1, 0.15) is 24.0 Å². The van der Waals surface area contributed by atoms with E-state index in [0.717, 1.165) is 23.3 Å². The van der Waals surface area contributed by atoms with Crippen molar-refractivity contribution in [1.82, 2.24) is 10.2 Å². The summed E-state index contributed by atoms with van der Waals surface area (Å²) in [6.45, 7) is 1.21. The van der Waals surface area contributed by atoms with Gasteiger partial charge in [-0.1, -0.05) is 42.5 Å². The van der Waals surface area contributed by atoms with Crippen molar-refractivity contribution in [3.05, 3.63) is 71.3 Å². The highest BCUT2D eigenvalue weighted by atomic mass is 16.5. The Morgan fingerprint density at radius 1 is 1.07 bits per heavy atom. The molecule has 30 heavy (non-hydrogen) atoms. The van der Waals surface area contributed by atoms with E-state index >= 15 is 0 Å². The van der Waals surface area contributed by atoms with Gasteiger partial charge in [0.15, 0.2) is 0 Å². The number of benzene rings is 2. The number of carbonyl (C=O) groups is 3. The van der Waals surface area contributed by atoms with Crippen molar-refractivity contribution in [3.8, 4) is 5.75 Å². The van der Waals surface area contributed by atoms with Gasteiger partial charge < -0.3 is 9.47 Å². The van der Waals surface area contributed by atoms with Crippen molar-refractivity contribution in [2.45, 2.75) is 25.6 Å². The van der Waals surface area contributed by atoms with Crippen LogP contribution in [0.15, 0.2) is 60.2 Å². The molecular formula is C23H22N2O5. The van der Waals surface area contributed by atoms with Crippen molar-refractivity contribution in [2.24, 2.45) is 0 Å². The quantitative estimate of drug-likeness (QED) is 0.589. The van der Waals surface area contributed by atoms with Crippen molar-refractivity contribution in [1.29, 1.82) is 0 Å². The molecule has 154 valence electrons. The summed E-state index contributed by atoms with van der Waals surface area (Å²) < 4.78 is 11.3. The van der Waals surface area contributed by atoms with E-state index in [1.54, 1.807) is 24.3 Å². The summed E-state index contributed by atoms with van der Waals surface area (Å²) in [7, 11) is 0. The number of carbonyl (C=O) groups excluding carboxylic acids is 3. The van der Waals surface area contributed by atoms with E-state index in [0.29, 0.717) is 24.5 Å². The second kappa shape index (κ2) is 8.92. The molecule has 4 amide bonds. The minimum Gasteiger partial charge on any atom is -0.489 e. The van der Waals surface area contributed by atoms with Crippen molar-refractivity contribution in [3.63, 3.8) is 0 Å². The third-order valence-electron chi connectivity index (χ3n) is 5.04. The van der Waals surface area contributed by atoms with Gasteiger partial charge in [0.05, 0.1) is 12.6 Å². The Hall–Kier alpha value is -3.45. The first-order valence-corrected chi connectivity index (χ1v) is 9.87. The van der Waals surface area contributed by atoms with E-state index < -0.39 is 17.8 Å². The lowest BCUT2D eigenvalue weighted by atomic mass is 10.1. The highest BCUT2D eigenvalue weighted by molar-refractivity contribution is 6.31. The number of ether oxygens (including phenoxy) is 2. The zero-order valence-electron chi connectivity index (χ0n) is 16.4. The molecular weight excluding hydrogens is 384 g/mol. The first kappa shape index (κ1) is 19.8. The van der Waals surface area contributed by atoms with E-state index in [9.17, 15) is 14.4 Å². The van der Waals surface area contributed by atoms with Crippen molar-refractivity contribution in [2.75, 3.05) is 13.2 Å². The van der Waals surface area contributed by atoms with E-state index in [-0.39, 0.29) is 18.2 Å². The molecule has 2 saturated heterocycles. The molecule has 2 fully saturated rings. The van der Waals surface area contributed by atoms with E-state index in [1.807, 2.05) is 30.3 Å². The molecule has 2 aromatic carbocycles. The second-order valence-electron chi connectivity index (χ2n) is 7.21. The fourth-order valence-electron chi connectivity index (χ4n) is 3.42. The number of barbiturate groups is 1. The van der Waals surface area contributed by atoms with E-state index in [1.165, 1.54) is 6.08 Å². The molecule has 7 nitrogen and oxygen atoms in total. The molecule has 2 aromatic rings. The minimum atomic E-state index is -0.706. The first-order chi connectivity index (χ1) is 14.6. The standard InChI is InChI=1S/C23H22N2O5/c26-21-20(22(27)25(23(28)24-21)14-19-7-4-12-29-19)13-16-8-10-18(11-9-16)30-15-17-5-2-1-3-6-17/h1-3,5-6,8-11,13,19H,4,7,12,14-15H2,(H,24,26,28)/b20-13+/t19-/m0/s1. The predicted octanol–water partition coefficient (Wildman–Crippen LogP) is 2.91. The van der Waals surface area contributed by atoms with Crippen LogP contribution in [0.4, 0.5) is 4.79 Å². The fraction of sp³-hybridized carbons (Fsp3) is 0.261. The van der Waals surface area contributed by atoms with Crippen LogP contribution in [0.5, 0.6) is 5.75 Å². The van der Waals surface area contributed by atoms with Gasteiger partial charge in [-0.25, -0.2) is 4.79 Å². The fourth-order valence-corrected chi connectivity index (χ4v) is 3.42. The van der Waals surface area contributed by atoms with Gasteiger partial charge in [-0.2, -0.15) is 0 Å². The number of hydrogen-bond donors (Lipinski definition) is 1. The summed E-state index contributed by atoms with van der Waals surface area (Å²) in [5.74, 6) is -0.628. The summed E-state index contributed by atoms with van der Waals surface area (Å²) in [5.41, 5.74) is 1.64. The summed E-state index contributed by atoms with van der Waals surface area (Å²) in [6.07, 6.45) is 2.98. The SMILES string of the molecule is O=C1NC(=O)N(C[C@@H]2CCCO2)C(=O)/C1=C/c1ccc(OCc2ccccc2)cc1. The Morgan fingerprint density at radius 3 is 2.53 bits per heavy atom. The molecule has 0 radical (unpaired) electrons. The monoisotopic (exact) mass is 406 g/mol. The van der Waals surface area contributed by atoms with Crippen molar-refractivity contribution >= 4 is 23.9 Å². The Labute approximate surface area is 174 Å². The molecule has 7 heteroatoms. The predicted molar refractivity (Wildman–Crippen MR) is 109 cm³/mol. The zero-order valence-corrected chi connectivity index (χ0v) is 16.4. The van der Waals surface area contributed by atoms with Crippen LogP contribution in [0.25, 0.3) is 6.08 Å². The molecule has 0 aromatic heterocycles. The number of hydrogen-bond acceptors (Lipinski definition) is 5. The summed E-state index contributed by atoms with van der Waals surface area (Å²) >= 11 is 0. The smallest absolute Gasteiger partial charge is 0.331 e. The Bertz CT molecular complexity index is 963. The van der Waals surface area contributed by atoms with Crippen LogP contribution < -0.4 is 10.1 Å². The molecule has 0 unspecified atom stereocenters. The van der Waals surface area contributed by atoms with Crippen LogP contribution in [0, 0.1) is 0 Å². The van der Waals surface area contributed by atoms with Crippen LogP contribution in [0.3, 0.4) is 0 Å². The summed E-state index contributed by atoms with van der Waals surface area (Å²) in [4.78, 5) is 38.1. The molecule has 2 heterocycles. The highest BCUT2D eigenvalue weighted by Crippen LogP contribution is 2.20. The number of rotatable bonds is 6. The number of nitrogens with one attached hydrogen (secondary N) is 1. The second-order valence-corrected chi connectivity index (χ2v) is 7.21. The lowest BCUT2D eigenvalue weighted by Crippen LogP contribution is -2.55. The topological polar surface area (TPSA) is 84.9 Å². The minimum absolute atomic E-state index is 0.0782. The average Bonchev–Trinajstić information content (AvgIpc) is 3.28. The van der Waals surface area contributed by atoms with Gasteiger partial charge in [0.25, 0.3) is 11.8 Å². The van der Waals surface area contributed by atoms with Gasteiger partial charge in [-0.05, 0) is 42.2 Å². The third kappa shape index (κ3) is 4.58. The number of imide groups is 2. The molecule has 0 spiro atoms.